The van der Waals surface area contributed by atoms with Gasteiger partial charge < -0.3 is 20.6 Å². The molecule has 1 amide bonds. The van der Waals surface area contributed by atoms with Crippen LogP contribution in [0, 0.1) is 12.3 Å². The van der Waals surface area contributed by atoms with Crippen molar-refractivity contribution >= 4 is 29.4 Å². The molecule has 188 valence electrons. The number of nitrogens with zero attached hydrogens (tertiary/aromatic N) is 1. The Kier molecular flexibility index (Phi) is 9.89. The van der Waals surface area contributed by atoms with Gasteiger partial charge in [0.05, 0.1) is 12.3 Å². The molecule has 1 saturated heterocycles. The molecule has 1 aliphatic rings. The smallest absolute Gasteiger partial charge is 0.326 e. The first-order valence-corrected chi connectivity index (χ1v) is 13.3. The third-order valence-electron chi connectivity index (χ3n) is 6.48. The van der Waals surface area contributed by atoms with E-state index in [1.165, 1.54) is 0 Å². The van der Waals surface area contributed by atoms with Gasteiger partial charge in [0.15, 0.2) is 0 Å². The molecule has 1 heterocycles. The minimum absolute atomic E-state index is 0.315. The Bertz CT molecular complexity index is 1060. The molecular formula is C27H35N3O4S. The van der Waals surface area contributed by atoms with Crippen molar-refractivity contribution in [1.29, 1.82) is 5.41 Å². The number of hydrogen-bond acceptors (Lipinski definition) is 6. The molecule has 1 unspecified atom stereocenters. The number of hydrogen-bond donors (Lipinski definition) is 3. The third-order valence-corrected chi connectivity index (χ3v) is 7.13. The number of carboxylic acid groups (broad SMARTS) is 1. The van der Waals surface area contributed by atoms with Crippen LogP contribution in [-0.2, 0) is 9.53 Å². The second-order valence-corrected chi connectivity index (χ2v) is 9.91. The van der Waals surface area contributed by atoms with Gasteiger partial charge in [0.25, 0.3) is 5.91 Å². The molecule has 0 saturated carbocycles. The van der Waals surface area contributed by atoms with E-state index in [2.05, 4.69) is 10.2 Å². The zero-order chi connectivity index (χ0) is 25.4. The highest BCUT2D eigenvalue weighted by Crippen LogP contribution is 2.29. The number of aliphatic carboxylic acids is 1. The largest absolute Gasteiger partial charge is 0.480 e. The van der Waals surface area contributed by atoms with Crippen LogP contribution < -0.4 is 5.32 Å². The van der Waals surface area contributed by atoms with Crippen LogP contribution in [0.1, 0.15) is 40.7 Å². The van der Waals surface area contributed by atoms with Crippen molar-refractivity contribution in [3.63, 3.8) is 0 Å². The van der Waals surface area contributed by atoms with Crippen LogP contribution in [-0.4, -0.2) is 78.5 Å². The van der Waals surface area contributed by atoms with Gasteiger partial charge in [0.1, 0.15) is 6.04 Å². The maximum Gasteiger partial charge on any atom is 0.326 e. The maximum atomic E-state index is 13.2. The van der Waals surface area contributed by atoms with Crippen LogP contribution in [0.2, 0.25) is 0 Å². The summed E-state index contributed by atoms with van der Waals surface area (Å²) in [6.07, 6.45) is 4.42. The molecule has 35 heavy (non-hydrogen) atoms. The molecule has 0 spiro atoms. The average Bonchev–Trinajstić information content (AvgIpc) is 3.28. The van der Waals surface area contributed by atoms with Gasteiger partial charge >= 0.3 is 5.97 Å². The van der Waals surface area contributed by atoms with Crippen molar-refractivity contribution in [2.75, 3.05) is 38.8 Å². The normalized spacial score (nSPS) is 16.7. The summed E-state index contributed by atoms with van der Waals surface area (Å²) >= 11 is 1.54. The second-order valence-electron chi connectivity index (χ2n) is 8.92. The van der Waals surface area contributed by atoms with Crippen molar-refractivity contribution in [1.82, 2.24) is 10.2 Å². The van der Waals surface area contributed by atoms with E-state index in [0.29, 0.717) is 48.2 Å². The number of aryl methyl sites for hydroxylation is 1. The van der Waals surface area contributed by atoms with Gasteiger partial charge in [-0.1, -0.05) is 30.3 Å². The van der Waals surface area contributed by atoms with Gasteiger partial charge in [-0.25, -0.2) is 4.79 Å². The SMILES string of the molecule is COCC1CCCN1CC(=N)c1ccc(C(=O)N[C@@H](CCSC)C(=O)O)c(-c2ccccc2C)c1. The van der Waals surface area contributed by atoms with Crippen LogP contribution in [0.4, 0.5) is 0 Å². The Hall–Kier alpha value is -2.68. The number of amides is 1. The summed E-state index contributed by atoms with van der Waals surface area (Å²) in [6, 6.07) is 12.5. The molecule has 0 radical (unpaired) electrons. The summed E-state index contributed by atoms with van der Waals surface area (Å²) < 4.78 is 5.35. The Morgan fingerprint density at radius 3 is 2.71 bits per heavy atom. The van der Waals surface area contributed by atoms with E-state index >= 15 is 0 Å². The average molecular weight is 498 g/mol. The highest BCUT2D eigenvalue weighted by atomic mass is 32.2. The summed E-state index contributed by atoms with van der Waals surface area (Å²) in [5.41, 5.74) is 4.23. The molecule has 3 rings (SSSR count). The monoisotopic (exact) mass is 497 g/mol. The number of carbonyl (C=O) groups excluding carboxylic acids is 1. The van der Waals surface area contributed by atoms with E-state index in [9.17, 15) is 14.7 Å². The standard InChI is InChI=1S/C27H35N3O4S/c1-18-7-4-5-9-21(18)23-15-19(24(28)16-30-13-6-8-20(30)17-34-2)10-11-22(23)26(31)29-25(27(32)33)12-14-35-3/h4-5,7,9-11,15,20,25,28H,6,8,12-14,16-17H2,1-3H3,(H,29,31)(H,32,33)/t20?,25-/m0/s1. The summed E-state index contributed by atoms with van der Waals surface area (Å²) in [4.78, 5) is 27.2. The van der Waals surface area contributed by atoms with Crippen LogP contribution >= 0.6 is 11.8 Å². The number of ether oxygens (including phenoxy) is 1. The minimum Gasteiger partial charge on any atom is -0.480 e. The van der Waals surface area contributed by atoms with E-state index in [0.717, 1.165) is 36.1 Å². The molecular weight excluding hydrogens is 462 g/mol. The van der Waals surface area contributed by atoms with E-state index in [-0.39, 0.29) is 0 Å². The predicted octanol–water partition coefficient (Wildman–Crippen LogP) is 4.08. The Labute approximate surface area is 211 Å². The fourth-order valence-electron chi connectivity index (χ4n) is 4.54. The number of nitrogens with one attached hydrogen (secondary N) is 2. The molecule has 1 fully saturated rings. The zero-order valence-corrected chi connectivity index (χ0v) is 21.5. The topological polar surface area (TPSA) is 103 Å². The highest BCUT2D eigenvalue weighted by Gasteiger charge is 2.26. The van der Waals surface area contributed by atoms with Crippen LogP contribution in [0.5, 0.6) is 0 Å². The van der Waals surface area contributed by atoms with Gasteiger partial charge in [-0.15, -0.1) is 0 Å². The molecule has 7 nitrogen and oxygen atoms in total. The number of likely N-dealkylation sites (tertiary alicyclic amines) is 1. The van der Waals surface area contributed by atoms with Crippen molar-refractivity contribution in [2.24, 2.45) is 0 Å². The second kappa shape index (κ2) is 12.9. The van der Waals surface area contributed by atoms with E-state index in [1.54, 1.807) is 31.0 Å². The van der Waals surface area contributed by atoms with Gasteiger partial charge in [0.2, 0.25) is 0 Å². The first-order chi connectivity index (χ1) is 16.8. The molecule has 3 N–H and O–H groups in total. The van der Waals surface area contributed by atoms with Crippen LogP contribution in [0.25, 0.3) is 11.1 Å². The van der Waals surface area contributed by atoms with Crippen molar-refractivity contribution in [3.8, 4) is 11.1 Å². The Morgan fingerprint density at radius 1 is 1.26 bits per heavy atom. The quantitative estimate of drug-likeness (QED) is 0.382. The lowest BCUT2D eigenvalue weighted by atomic mass is 9.92. The highest BCUT2D eigenvalue weighted by molar-refractivity contribution is 7.98. The number of rotatable bonds is 12. The van der Waals surface area contributed by atoms with Crippen LogP contribution in [0.3, 0.4) is 0 Å². The van der Waals surface area contributed by atoms with Crippen molar-refractivity contribution in [2.45, 2.75) is 38.3 Å². The van der Waals surface area contributed by atoms with Gasteiger partial charge in [-0.05, 0) is 79.1 Å². The van der Waals surface area contributed by atoms with Gasteiger partial charge in [-0.3, -0.25) is 9.69 Å². The maximum absolute atomic E-state index is 13.2. The Morgan fingerprint density at radius 2 is 2.03 bits per heavy atom. The lowest BCUT2D eigenvalue weighted by Gasteiger charge is -2.24. The molecule has 0 aliphatic carbocycles. The number of methoxy groups -OCH3 is 1. The molecule has 2 atom stereocenters. The number of carboxylic acids is 1. The Balaban J connectivity index is 1.92. The van der Waals surface area contributed by atoms with Gasteiger partial charge in [0, 0.05) is 25.3 Å². The van der Waals surface area contributed by atoms with Crippen molar-refractivity contribution < 1.29 is 19.4 Å². The minimum atomic E-state index is -1.04. The zero-order valence-electron chi connectivity index (χ0n) is 20.7. The van der Waals surface area contributed by atoms with E-state index in [1.807, 2.05) is 43.5 Å². The number of carbonyl (C=O) groups is 2. The predicted molar refractivity (Wildman–Crippen MR) is 142 cm³/mol. The third kappa shape index (κ3) is 6.93. The van der Waals surface area contributed by atoms with Crippen molar-refractivity contribution in [3.05, 3.63) is 59.2 Å². The van der Waals surface area contributed by atoms with E-state index < -0.39 is 17.9 Å². The number of benzene rings is 2. The fourth-order valence-corrected chi connectivity index (χ4v) is 5.01. The molecule has 8 heteroatoms. The van der Waals surface area contributed by atoms with Crippen LogP contribution in [0.15, 0.2) is 42.5 Å². The lowest BCUT2D eigenvalue weighted by Crippen LogP contribution is -2.41. The first kappa shape index (κ1) is 26.9. The number of thioether (sulfide) groups is 1. The molecule has 0 bridgehead atoms. The van der Waals surface area contributed by atoms with E-state index in [4.69, 9.17) is 10.1 Å². The summed E-state index contributed by atoms with van der Waals surface area (Å²) in [7, 11) is 1.70. The summed E-state index contributed by atoms with van der Waals surface area (Å²) in [5, 5.41) is 21.1. The fraction of sp³-hybridized carbons (Fsp3) is 0.444. The first-order valence-electron chi connectivity index (χ1n) is 11.9. The molecule has 2 aromatic rings. The van der Waals surface area contributed by atoms with Gasteiger partial charge in [-0.2, -0.15) is 11.8 Å². The molecule has 1 aliphatic heterocycles. The summed E-state index contributed by atoms with van der Waals surface area (Å²) in [6.45, 7) is 4.09. The molecule has 2 aromatic carbocycles. The lowest BCUT2D eigenvalue weighted by molar-refractivity contribution is -0.139. The summed E-state index contributed by atoms with van der Waals surface area (Å²) in [5.74, 6) is -0.826. The molecule has 0 aromatic heterocycles.